The van der Waals surface area contributed by atoms with Crippen LogP contribution >= 0.6 is 0 Å². The van der Waals surface area contributed by atoms with Gasteiger partial charge in [-0.05, 0) is 37.1 Å². The molecule has 1 aliphatic carbocycles. The number of hydrogen-bond donors (Lipinski definition) is 1. The van der Waals surface area contributed by atoms with Crippen LogP contribution in [0.2, 0.25) is 0 Å². The highest BCUT2D eigenvalue weighted by molar-refractivity contribution is 5.82. The van der Waals surface area contributed by atoms with Crippen molar-refractivity contribution in [2.75, 3.05) is 40.3 Å². The number of methoxy groups -OCH3 is 1. The molecular weight excluding hydrogens is 266 g/mol. The van der Waals surface area contributed by atoms with Crippen LogP contribution in [0.5, 0.6) is 5.75 Å². The van der Waals surface area contributed by atoms with Gasteiger partial charge in [-0.25, -0.2) is 5.01 Å². The highest BCUT2D eigenvalue weighted by Gasteiger charge is 2.44. The summed E-state index contributed by atoms with van der Waals surface area (Å²) in [6.07, 6.45) is 0.950. The first kappa shape index (κ1) is 14.4. The van der Waals surface area contributed by atoms with E-state index in [9.17, 15) is 4.79 Å². The molecule has 21 heavy (non-hydrogen) atoms. The maximum Gasteiger partial charge on any atom is 0.238 e. The molecule has 114 valence electrons. The van der Waals surface area contributed by atoms with Crippen molar-refractivity contribution in [3.63, 3.8) is 0 Å². The summed E-state index contributed by atoms with van der Waals surface area (Å²) in [4.78, 5) is 14.5. The van der Waals surface area contributed by atoms with Gasteiger partial charge < -0.3 is 9.64 Å². The van der Waals surface area contributed by atoms with E-state index in [1.807, 2.05) is 17.1 Å². The van der Waals surface area contributed by atoms with E-state index in [0.717, 1.165) is 38.3 Å². The Labute approximate surface area is 125 Å². The summed E-state index contributed by atoms with van der Waals surface area (Å²) < 4.78 is 5.16. The van der Waals surface area contributed by atoms with Gasteiger partial charge in [-0.1, -0.05) is 12.1 Å². The molecule has 0 aromatic heterocycles. The molecule has 1 aliphatic heterocycles. The molecule has 1 N–H and O–H groups in total. The number of amides is 1. The normalized spacial score (nSPS) is 26.4. The Kier molecular flexibility index (Phi) is 4.12. The standard InChI is InChI=1S/C16H23N3O2/c1-18-7-9-19(10-8-18)17-16(20)15-11-14(15)12-3-5-13(21-2)6-4-12/h3-6,14-15H,7-11H2,1-2H3,(H,17,20). The van der Waals surface area contributed by atoms with E-state index in [-0.39, 0.29) is 11.8 Å². The predicted octanol–water partition coefficient (Wildman–Crippen LogP) is 1.08. The molecule has 0 radical (unpaired) electrons. The van der Waals surface area contributed by atoms with Crippen LogP contribution < -0.4 is 10.2 Å². The van der Waals surface area contributed by atoms with Crippen molar-refractivity contribution in [2.45, 2.75) is 12.3 Å². The predicted molar refractivity (Wildman–Crippen MR) is 81.1 cm³/mol. The highest BCUT2D eigenvalue weighted by atomic mass is 16.5. The Bertz CT molecular complexity index is 495. The van der Waals surface area contributed by atoms with Gasteiger partial charge in [0.05, 0.1) is 7.11 Å². The van der Waals surface area contributed by atoms with Gasteiger partial charge in [0.15, 0.2) is 0 Å². The number of piperazine rings is 1. The molecule has 1 saturated heterocycles. The second kappa shape index (κ2) is 6.03. The van der Waals surface area contributed by atoms with Crippen LogP contribution in [0.1, 0.15) is 17.9 Å². The number of carbonyl (C=O) groups excluding carboxylic acids is 1. The molecule has 1 aromatic rings. The van der Waals surface area contributed by atoms with Crippen LogP contribution in [0, 0.1) is 5.92 Å². The number of nitrogens with zero attached hydrogens (tertiary/aromatic N) is 2. The lowest BCUT2D eigenvalue weighted by atomic mass is 10.1. The molecule has 1 heterocycles. The van der Waals surface area contributed by atoms with Crippen LogP contribution in [0.25, 0.3) is 0 Å². The smallest absolute Gasteiger partial charge is 0.238 e. The van der Waals surface area contributed by atoms with Crippen molar-refractivity contribution in [1.82, 2.24) is 15.3 Å². The van der Waals surface area contributed by atoms with E-state index in [1.54, 1.807) is 7.11 Å². The van der Waals surface area contributed by atoms with Crippen LogP contribution in [0.3, 0.4) is 0 Å². The second-order valence-electron chi connectivity index (χ2n) is 5.99. The van der Waals surface area contributed by atoms with Crippen LogP contribution in [-0.2, 0) is 4.79 Å². The van der Waals surface area contributed by atoms with Gasteiger partial charge in [-0.3, -0.25) is 10.2 Å². The average molecular weight is 289 g/mol. The molecule has 5 nitrogen and oxygen atoms in total. The maximum absolute atomic E-state index is 12.3. The zero-order chi connectivity index (χ0) is 14.8. The van der Waals surface area contributed by atoms with Crippen molar-refractivity contribution in [3.8, 4) is 5.75 Å². The van der Waals surface area contributed by atoms with Crippen molar-refractivity contribution in [2.24, 2.45) is 5.92 Å². The molecule has 2 aliphatic rings. The summed E-state index contributed by atoms with van der Waals surface area (Å²) in [7, 11) is 3.78. The number of carbonyl (C=O) groups is 1. The molecule has 1 aromatic carbocycles. The number of ether oxygens (including phenoxy) is 1. The van der Waals surface area contributed by atoms with Gasteiger partial charge in [0, 0.05) is 32.1 Å². The van der Waals surface area contributed by atoms with E-state index >= 15 is 0 Å². The fourth-order valence-corrected chi connectivity index (χ4v) is 2.86. The quantitative estimate of drug-likeness (QED) is 0.901. The van der Waals surface area contributed by atoms with E-state index in [0.29, 0.717) is 5.92 Å². The zero-order valence-corrected chi connectivity index (χ0v) is 12.7. The Morgan fingerprint density at radius 2 is 1.86 bits per heavy atom. The lowest BCUT2D eigenvalue weighted by Gasteiger charge is -2.32. The summed E-state index contributed by atoms with van der Waals surface area (Å²) in [6.45, 7) is 3.82. The van der Waals surface area contributed by atoms with E-state index in [1.165, 1.54) is 5.56 Å². The third-order valence-corrected chi connectivity index (χ3v) is 4.44. The first-order chi connectivity index (χ1) is 10.2. The summed E-state index contributed by atoms with van der Waals surface area (Å²) in [5.41, 5.74) is 4.30. The average Bonchev–Trinajstić information content (AvgIpc) is 3.30. The fraction of sp³-hybridized carbons (Fsp3) is 0.562. The number of hydrogen-bond acceptors (Lipinski definition) is 4. The lowest BCUT2D eigenvalue weighted by molar-refractivity contribution is -0.128. The minimum Gasteiger partial charge on any atom is -0.497 e. The number of rotatable bonds is 4. The summed E-state index contributed by atoms with van der Waals surface area (Å²) in [5, 5.41) is 2.05. The monoisotopic (exact) mass is 289 g/mol. The molecule has 0 bridgehead atoms. The molecule has 3 rings (SSSR count). The van der Waals surface area contributed by atoms with Gasteiger partial charge in [-0.15, -0.1) is 0 Å². The number of nitrogens with one attached hydrogen (secondary N) is 1. The molecule has 5 heteroatoms. The van der Waals surface area contributed by atoms with Crippen molar-refractivity contribution in [1.29, 1.82) is 0 Å². The molecule has 2 atom stereocenters. The minimum atomic E-state index is 0.123. The van der Waals surface area contributed by atoms with Gasteiger partial charge in [0.1, 0.15) is 5.75 Å². The SMILES string of the molecule is COc1ccc(C2CC2C(=O)NN2CCN(C)CC2)cc1. The fourth-order valence-electron chi connectivity index (χ4n) is 2.86. The molecule has 2 fully saturated rings. The Morgan fingerprint density at radius 1 is 1.19 bits per heavy atom. The summed E-state index contributed by atoms with van der Waals surface area (Å²) in [5.74, 6) is 1.51. The third-order valence-electron chi connectivity index (χ3n) is 4.44. The highest BCUT2D eigenvalue weighted by Crippen LogP contribution is 2.47. The Balaban J connectivity index is 1.51. The first-order valence-electron chi connectivity index (χ1n) is 7.55. The summed E-state index contributed by atoms with van der Waals surface area (Å²) in [6, 6.07) is 8.05. The van der Waals surface area contributed by atoms with E-state index in [2.05, 4.69) is 29.5 Å². The summed E-state index contributed by atoms with van der Waals surface area (Å²) >= 11 is 0. The zero-order valence-electron chi connectivity index (χ0n) is 12.7. The van der Waals surface area contributed by atoms with Crippen molar-refractivity contribution in [3.05, 3.63) is 29.8 Å². The molecule has 1 saturated carbocycles. The van der Waals surface area contributed by atoms with Crippen LogP contribution in [-0.4, -0.2) is 56.2 Å². The van der Waals surface area contributed by atoms with Crippen molar-refractivity contribution >= 4 is 5.91 Å². The Hall–Kier alpha value is -1.59. The molecule has 0 spiro atoms. The first-order valence-corrected chi connectivity index (χ1v) is 7.55. The van der Waals surface area contributed by atoms with Gasteiger partial charge in [-0.2, -0.15) is 0 Å². The third kappa shape index (κ3) is 3.36. The second-order valence-corrected chi connectivity index (χ2v) is 5.99. The minimum absolute atomic E-state index is 0.123. The van der Waals surface area contributed by atoms with Crippen LogP contribution in [0.15, 0.2) is 24.3 Å². The Morgan fingerprint density at radius 3 is 2.48 bits per heavy atom. The lowest BCUT2D eigenvalue weighted by Crippen LogP contribution is -2.53. The van der Waals surface area contributed by atoms with Gasteiger partial charge >= 0.3 is 0 Å². The van der Waals surface area contributed by atoms with E-state index in [4.69, 9.17) is 4.74 Å². The number of likely N-dealkylation sites (N-methyl/N-ethyl adjacent to an activating group) is 1. The van der Waals surface area contributed by atoms with Crippen molar-refractivity contribution < 1.29 is 9.53 Å². The topological polar surface area (TPSA) is 44.8 Å². The van der Waals surface area contributed by atoms with E-state index < -0.39 is 0 Å². The molecular formula is C16H23N3O2. The maximum atomic E-state index is 12.3. The largest absolute Gasteiger partial charge is 0.497 e. The number of benzene rings is 1. The van der Waals surface area contributed by atoms with Gasteiger partial charge in [0.25, 0.3) is 0 Å². The number of hydrazine groups is 1. The van der Waals surface area contributed by atoms with Gasteiger partial charge in [0.2, 0.25) is 5.91 Å². The molecule has 1 amide bonds. The van der Waals surface area contributed by atoms with Crippen LogP contribution in [0.4, 0.5) is 0 Å². The molecule has 2 unspecified atom stereocenters.